The summed E-state index contributed by atoms with van der Waals surface area (Å²) in [5.74, 6) is 0. The summed E-state index contributed by atoms with van der Waals surface area (Å²) in [5, 5.41) is 11.8. The van der Waals surface area contributed by atoms with Crippen LogP contribution in [0.1, 0.15) is 50.1 Å². The van der Waals surface area contributed by atoms with Gasteiger partial charge in [-0.25, -0.2) is 0 Å². The molecule has 0 aliphatic rings. The van der Waals surface area contributed by atoms with Crippen molar-refractivity contribution in [3.05, 3.63) is 232 Å². The number of alkyl halides is 24. The Bertz CT molecular complexity index is 4490. The summed E-state index contributed by atoms with van der Waals surface area (Å²) in [6, 6.07) is 22.8. The molecule has 3 heterocycles. The van der Waals surface area contributed by atoms with Crippen molar-refractivity contribution in [2.75, 3.05) is 0 Å². The normalized spacial score (nSPS) is 13.2. The van der Waals surface area contributed by atoms with Gasteiger partial charge in [-0.3, -0.25) is 4.98 Å². The Balaban J connectivity index is 1.25. The number of rotatable bonds is 7. The fourth-order valence-electron chi connectivity index (χ4n) is 11.6. The molecule has 28 heteroatoms. The van der Waals surface area contributed by atoms with E-state index in [2.05, 4.69) is 4.98 Å². The molecule has 0 unspecified atom stereocenters. The van der Waals surface area contributed by atoms with E-state index in [1.54, 1.807) is 0 Å². The van der Waals surface area contributed by atoms with Gasteiger partial charge in [0.15, 0.2) is 0 Å². The third kappa shape index (κ3) is 12.3. The number of hydrogen-bond acceptors (Lipinski definition) is 2. The Morgan fingerprint density at radius 3 is 0.646 bits per heavy atom. The van der Waals surface area contributed by atoms with Gasteiger partial charge < -0.3 is 9.13 Å². The van der Waals surface area contributed by atoms with E-state index >= 15 is 0 Å². The molecule has 4 nitrogen and oxygen atoms in total. The van der Waals surface area contributed by atoms with Gasteiger partial charge in [0.25, 0.3) is 0 Å². The predicted molar refractivity (Wildman–Crippen MR) is 305 cm³/mol. The lowest BCUT2D eigenvalue weighted by Crippen LogP contribution is -2.11. The molecule has 0 aliphatic heterocycles. The molecule has 490 valence electrons. The van der Waals surface area contributed by atoms with Crippen LogP contribution in [0.25, 0.3) is 111 Å². The SMILES string of the molecule is N#Cc1c(-n2c3cc(-c4cc(C(F)(F)F)cc(C(F)(F)F)c4)ccc3c3ccc(-c4cc(C(F)(F)F)cc(C(F)(F)F)c4)cc32)cc(-c2ccncc2)cc1-n1c2cc(-c3cc(C(F)(F)F)cc(C(F)(F)F)c3)ccc2c2ccc(-c3cc(C(F)(F)F)cc(C(F)(F)F)c3)cc21. The summed E-state index contributed by atoms with van der Waals surface area (Å²) < 4.78 is 349. The third-order valence-electron chi connectivity index (χ3n) is 15.9. The van der Waals surface area contributed by atoms with Gasteiger partial charge in [0, 0.05) is 33.9 Å². The zero-order chi connectivity index (χ0) is 69.5. The van der Waals surface area contributed by atoms with Gasteiger partial charge in [0.05, 0.1) is 77.9 Å². The van der Waals surface area contributed by atoms with E-state index in [-0.39, 0.29) is 79.0 Å². The van der Waals surface area contributed by atoms with E-state index in [0.29, 0.717) is 48.5 Å². The molecule has 9 aromatic carbocycles. The minimum atomic E-state index is -5.40. The number of aromatic nitrogens is 3. The van der Waals surface area contributed by atoms with Crippen LogP contribution in [0.2, 0.25) is 0 Å². The van der Waals surface area contributed by atoms with Gasteiger partial charge in [0.2, 0.25) is 0 Å². The smallest absolute Gasteiger partial charge is 0.308 e. The van der Waals surface area contributed by atoms with E-state index < -0.39 is 155 Å². The zero-order valence-corrected chi connectivity index (χ0v) is 47.2. The Morgan fingerprint density at radius 2 is 0.448 bits per heavy atom. The molecule has 96 heavy (non-hydrogen) atoms. The van der Waals surface area contributed by atoms with E-state index in [9.17, 15) is 111 Å². The van der Waals surface area contributed by atoms with Gasteiger partial charge in [-0.2, -0.15) is 111 Å². The number of pyridine rings is 1. The van der Waals surface area contributed by atoms with Crippen LogP contribution in [-0.2, 0) is 49.4 Å². The molecule has 0 fully saturated rings. The number of nitrogens with zero attached hydrogens (tertiary/aromatic N) is 4. The van der Waals surface area contributed by atoms with E-state index in [4.69, 9.17) is 0 Å². The van der Waals surface area contributed by atoms with Crippen LogP contribution in [0, 0.1) is 11.3 Å². The van der Waals surface area contributed by atoms with Crippen molar-refractivity contribution in [1.82, 2.24) is 14.1 Å². The van der Waals surface area contributed by atoms with Crippen LogP contribution in [-0.4, -0.2) is 14.1 Å². The molecule has 0 saturated heterocycles. The third-order valence-corrected chi connectivity index (χ3v) is 15.9. The molecule has 0 N–H and O–H groups in total. The first-order valence-corrected chi connectivity index (χ1v) is 27.4. The molecular weight excluding hydrogens is 1330 g/mol. The topological polar surface area (TPSA) is 46.5 Å². The Hall–Kier alpha value is -10.5. The van der Waals surface area contributed by atoms with Crippen molar-refractivity contribution < 1.29 is 105 Å². The monoisotopic (exact) mass is 1360 g/mol. The average Bonchev–Trinajstić information content (AvgIpc) is 1.55. The first-order chi connectivity index (χ1) is 44.5. The molecule has 3 aromatic heterocycles. The summed E-state index contributed by atoms with van der Waals surface area (Å²) in [5.41, 5.74) is -21.1. The summed E-state index contributed by atoms with van der Waals surface area (Å²) in [7, 11) is 0. The maximum atomic E-state index is 14.5. The predicted octanol–water partition coefficient (Wildman–Crippen LogP) is 23.6. The molecule has 0 saturated carbocycles. The van der Waals surface area contributed by atoms with Gasteiger partial charge in [-0.15, -0.1) is 0 Å². The standard InChI is InChI=1S/C68H30F24N4/c69-61(70,71)42-13-37(14-43(27-42)62(72,73)74)33-1-5-50-51-6-2-34(38-15-44(63(75,76)77)28-45(16-38)64(78,79)80)22-56(51)95(55(50)21-33)59-25-41(32-9-11-94-12-10-32)26-60(54(59)31-93)96-57-23-35(39-17-46(65(81,82)83)29-47(18-39)66(84,85)86)3-7-52(57)53-8-4-36(24-58(53)96)40-19-48(67(87,88)89)30-49(20-40)68(90,91)92/h1-30H. The summed E-state index contributed by atoms with van der Waals surface area (Å²) in [6.45, 7) is 0. The number of halogens is 24. The second-order valence-electron chi connectivity index (χ2n) is 22.0. The molecule has 12 aromatic rings. The van der Waals surface area contributed by atoms with Crippen molar-refractivity contribution in [2.24, 2.45) is 0 Å². The lowest BCUT2D eigenvalue weighted by molar-refractivity contribution is -0.144. The maximum absolute atomic E-state index is 14.5. The van der Waals surface area contributed by atoms with Crippen molar-refractivity contribution >= 4 is 43.6 Å². The Kier molecular flexibility index (Phi) is 15.3. The van der Waals surface area contributed by atoms with E-state index in [1.165, 1.54) is 60.9 Å². The highest BCUT2D eigenvalue weighted by Gasteiger charge is 2.42. The van der Waals surface area contributed by atoms with Crippen LogP contribution in [0.3, 0.4) is 0 Å². The van der Waals surface area contributed by atoms with Gasteiger partial charge >= 0.3 is 49.4 Å². The highest BCUT2D eigenvalue weighted by Crippen LogP contribution is 2.49. The fraction of sp³-hybridized carbons (Fsp3) is 0.118. The Labute approximate surface area is 521 Å². The molecular formula is C68H30F24N4. The lowest BCUT2D eigenvalue weighted by Gasteiger charge is -2.19. The van der Waals surface area contributed by atoms with Crippen LogP contribution < -0.4 is 0 Å². The van der Waals surface area contributed by atoms with Gasteiger partial charge in [0.1, 0.15) is 11.6 Å². The minimum absolute atomic E-state index is 0.00660. The average molecular weight is 1360 g/mol. The Morgan fingerprint density at radius 1 is 0.240 bits per heavy atom. The van der Waals surface area contributed by atoms with Crippen LogP contribution in [0.5, 0.6) is 0 Å². The van der Waals surface area contributed by atoms with Gasteiger partial charge in [-0.05, 0) is 177 Å². The summed E-state index contributed by atoms with van der Waals surface area (Å²) in [6.07, 6.45) is -40.7. The molecule has 0 radical (unpaired) electrons. The number of nitriles is 1. The van der Waals surface area contributed by atoms with E-state index in [0.717, 1.165) is 57.7 Å². The largest absolute Gasteiger partial charge is 0.416 e. The molecule has 0 atom stereocenters. The first-order valence-electron chi connectivity index (χ1n) is 27.4. The number of fused-ring (bicyclic) bond motifs is 6. The fourth-order valence-corrected chi connectivity index (χ4v) is 11.6. The van der Waals surface area contributed by atoms with Crippen molar-refractivity contribution in [3.8, 4) is 73.1 Å². The second-order valence-corrected chi connectivity index (χ2v) is 22.0. The lowest BCUT2D eigenvalue weighted by atomic mass is 9.97. The van der Waals surface area contributed by atoms with Gasteiger partial charge in [-0.1, -0.05) is 48.5 Å². The highest BCUT2D eigenvalue weighted by atomic mass is 19.4. The molecule has 0 bridgehead atoms. The first kappa shape index (κ1) is 65.6. The van der Waals surface area contributed by atoms with Crippen LogP contribution in [0.15, 0.2) is 182 Å². The second kappa shape index (κ2) is 22.3. The molecule has 0 amide bonds. The van der Waals surface area contributed by atoms with Crippen LogP contribution in [0.4, 0.5) is 105 Å². The molecule has 0 spiro atoms. The number of hydrogen-bond donors (Lipinski definition) is 0. The molecule has 0 aliphatic carbocycles. The summed E-state index contributed by atoms with van der Waals surface area (Å²) >= 11 is 0. The van der Waals surface area contributed by atoms with Crippen LogP contribution >= 0.6 is 0 Å². The van der Waals surface area contributed by atoms with Crippen molar-refractivity contribution in [3.63, 3.8) is 0 Å². The van der Waals surface area contributed by atoms with Crippen molar-refractivity contribution in [1.29, 1.82) is 5.26 Å². The quantitative estimate of drug-likeness (QED) is 0.149. The summed E-state index contributed by atoms with van der Waals surface area (Å²) in [4.78, 5) is 4.01. The maximum Gasteiger partial charge on any atom is 0.416 e. The van der Waals surface area contributed by atoms with E-state index in [1.807, 2.05) is 6.07 Å². The minimum Gasteiger partial charge on any atom is -0.308 e. The number of benzene rings is 9. The van der Waals surface area contributed by atoms with Crippen molar-refractivity contribution in [2.45, 2.75) is 49.4 Å². The highest BCUT2D eigenvalue weighted by molar-refractivity contribution is 6.13. The molecule has 12 rings (SSSR count). The zero-order valence-electron chi connectivity index (χ0n) is 47.2.